The van der Waals surface area contributed by atoms with Gasteiger partial charge in [0.25, 0.3) is 0 Å². The molecule has 0 aromatic heterocycles. The minimum absolute atomic E-state index is 0.0169. The third-order valence-corrected chi connectivity index (χ3v) is 5.48. The zero-order valence-electron chi connectivity index (χ0n) is 11.4. The van der Waals surface area contributed by atoms with Crippen molar-refractivity contribution in [1.82, 2.24) is 4.72 Å². The van der Waals surface area contributed by atoms with Crippen LogP contribution in [0.2, 0.25) is 0 Å². The highest BCUT2D eigenvalue weighted by Gasteiger charge is 2.30. The fraction of sp³-hybridized carbons (Fsp3) is 1.00. The number of sulfonamides is 1. The van der Waals surface area contributed by atoms with E-state index in [2.05, 4.69) is 4.72 Å². The zero-order valence-corrected chi connectivity index (χ0v) is 12.3. The van der Waals surface area contributed by atoms with Gasteiger partial charge in [-0.2, -0.15) is 0 Å². The molecule has 6 heteroatoms. The van der Waals surface area contributed by atoms with E-state index in [4.69, 9.17) is 4.74 Å². The lowest BCUT2D eigenvalue weighted by molar-refractivity contribution is 0.0302. The number of rotatable bonds is 5. The van der Waals surface area contributed by atoms with Crippen LogP contribution in [0.4, 0.5) is 0 Å². The summed E-state index contributed by atoms with van der Waals surface area (Å²) in [5, 5.41) is 10.4. The predicted octanol–water partition coefficient (Wildman–Crippen LogP) is 1.17. The molecule has 0 radical (unpaired) electrons. The molecule has 112 valence electrons. The quantitative estimate of drug-likeness (QED) is 0.746. The molecule has 1 saturated carbocycles. The van der Waals surface area contributed by atoms with Gasteiger partial charge in [0, 0.05) is 13.2 Å². The van der Waals surface area contributed by atoms with Crippen molar-refractivity contribution in [3.63, 3.8) is 0 Å². The van der Waals surface area contributed by atoms with Crippen LogP contribution in [0, 0.1) is 0 Å². The fourth-order valence-corrected chi connectivity index (χ4v) is 4.25. The minimum atomic E-state index is -3.35. The Morgan fingerprint density at radius 2 is 1.84 bits per heavy atom. The highest BCUT2D eigenvalue weighted by atomic mass is 32.2. The van der Waals surface area contributed by atoms with Crippen molar-refractivity contribution in [2.75, 3.05) is 18.9 Å². The second-order valence-electron chi connectivity index (χ2n) is 5.88. The van der Waals surface area contributed by atoms with E-state index < -0.39 is 15.6 Å². The fourth-order valence-electron chi connectivity index (χ4n) is 2.89. The molecule has 19 heavy (non-hydrogen) atoms. The van der Waals surface area contributed by atoms with Crippen LogP contribution in [0.1, 0.15) is 51.4 Å². The van der Waals surface area contributed by atoms with E-state index in [1.807, 2.05) is 0 Å². The van der Waals surface area contributed by atoms with E-state index >= 15 is 0 Å². The van der Waals surface area contributed by atoms with Crippen LogP contribution in [-0.2, 0) is 14.8 Å². The van der Waals surface area contributed by atoms with Gasteiger partial charge in [-0.25, -0.2) is 13.1 Å². The molecule has 1 aliphatic heterocycles. The van der Waals surface area contributed by atoms with E-state index in [0.29, 0.717) is 19.4 Å². The second-order valence-corrected chi connectivity index (χ2v) is 7.73. The SMILES string of the molecule is O=S(=O)(CC1CCCO1)NCC1(O)CCCCCC1. The molecule has 5 nitrogen and oxygen atoms in total. The van der Waals surface area contributed by atoms with Crippen molar-refractivity contribution >= 4 is 10.0 Å². The first-order chi connectivity index (χ1) is 8.99. The molecule has 2 aliphatic rings. The molecule has 1 unspecified atom stereocenters. The normalized spacial score (nSPS) is 28.2. The lowest BCUT2D eigenvalue weighted by atomic mass is 9.95. The van der Waals surface area contributed by atoms with Crippen LogP contribution in [0.3, 0.4) is 0 Å². The molecule has 1 aliphatic carbocycles. The number of hydrogen-bond acceptors (Lipinski definition) is 4. The summed E-state index contributed by atoms with van der Waals surface area (Å²) in [4.78, 5) is 0. The van der Waals surface area contributed by atoms with Crippen LogP contribution >= 0.6 is 0 Å². The van der Waals surface area contributed by atoms with E-state index in [1.54, 1.807) is 0 Å². The molecule has 1 saturated heterocycles. The first-order valence-corrected chi connectivity index (χ1v) is 8.96. The summed E-state index contributed by atoms with van der Waals surface area (Å²) in [7, 11) is -3.35. The molecule has 0 aromatic carbocycles. The van der Waals surface area contributed by atoms with Crippen molar-refractivity contribution in [2.24, 2.45) is 0 Å². The molecule has 2 fully saturated rings. The van der Waals surface area contributed by atoms with Crippen molar-refractivity contribution in [1.29, 1.82) is 0 Å². The first-order valence-electron chi connectivity index (χ1n) is 7.30. The van der Waals surface area contributed by atoms with Gasteiger partial charge in [-0.3, -0.25) is 0 Å². The number of hydrogen-bond donors (Lipinski definition) is 2. The van der Waals surface area contributed by atoms with E-state index in [1.165, 1.54) is 0 Å². The summed E-state index contributed by atoms with van der Waals surface area (Å²) in [5.41, 5.74) is -0.861. The summed E-state index contributed by atoms with van der Waals surface area (Å²) in [6.45, 7) is 0.798. The zero-order chi connectivity index (χ0) is 13.8. The van der Waals surface area contributed by atoms with Gasteiger partial charge in [0.05, 0.1) is 17.5 Å². The van der Waals surface area contributed by atoms with Crippen LogP contribution in [0.15, 0.2) is 0 Å². The lowest BCUT2D eigenvalue weighted by Crippen LogP contribution is -2.44. The molecule has 0 amide bonds. The largest absolute Gasteiger partial charge is 0.389 e. The Labute approximate surface area is 115 Å². The van der Waals surface area contributed by atoms with Crippen LogP contribution in [-0.4, -0.2) is 44.1 Å². The Morgan fingerprint density at radius 3 is 2.42 bits per heavy atom. The Hall–Kier alpha value is -0.170. The van der Waals surface area contributed by atoms with Crippen LogP contribution in [0.5, 0.6) is 0 Å². The lowest BCUT2D eigenvalue weighted by Gasteiger charge is -2.27. The summed E-state index contributed by atoms with van der Waals surface area (Å²) < 4.78 is 31.8. The average molecular weight is 291 g/mol. The minimum Gasteiger partial charge on any atom is -0.389 e. The van der Waals surface area contributed by atoms with Gasteiger partial charge in [-0.15, -0.1) is 0 Å². The Balaban J connectivity index is 1.82. The molecule has 0 aromatic rings. The summed E-state index contributed by atoms with van der Waals surface area (Å²) in [6, 6.07) is 0. The van der Waals surface area contributed by atoms with Gasteiger partial charge in [-0.05, 0) is 25.7 Å². The first kappa shape index (κ1) is 15.2. The second kappa shape index (κ2) is 6.52. The molecular formula is C13H25NO4S. The highest BCUT2D eigenvalue weighted by molar-refractivity contribution is 7.89. The van der Waals surface area contributed by atoms with Gasteiger partial charge in [-0.1, -0.05) is 25.7 Å². The van der Waals surface area contributed by atoms with E-state index in [0.717, 1.165) is 38.5 Å². The van der Waals surface area contributed by atoms with Crippen molar-refractivity contribution in [3.05, 3.63) is 0 Å². The Bertz CT molecular complexity index is 368. The van der Waals surface area contributed by atoms with Gasteiger partial charge >= 0.3 is 0 Å². The number of aliphatic hydroxyl groups is 1. The number of nitrogens with one attached hydrogen (secondary N) is 1. The average Bonchev–Trinajstić information content (AvgIpc) is 2.74. The van der Waals surface area contributed by atoms with E-state index in [-0.39, 0.29) is 18.4 Å². The molecule has 2 rings (SSSR count). The highest BCUT2D eigenvalue weighted by Crippen LogP contribution is 2.26. The number of ether oxygens (including phenoxy) is 1. The van der Waals surface area contributed by atoms with Crippen molar-refractivity contribution in [3.8, 4) is 0 Å². The molecular weight excluding hydrogens is 266 g/mol. The predicted molar refractivity (Wildman–Crippen MR) is 73.4 cm³/mol. The smallest absolute Gasteiger partial charge is 0.214 e. The van der Waals surface area contributed by atoms with Gasteiger partial charge in [0.15, 0.2) is 0 Å². The van der Waals surface area contributed by atoms with Crippen molar-refractivity contribution in [2.45, 2.75) is 63.1 Å². The molecule has 2 N–H and O–H groups in total. The molecule has 0 bridgehead atoms. The molecule has 1 heterocycles. The third-order valence-electron chi connectivity index (χ3n) is 4.08. The standard InChI is InChI=1S/C13H25NO4S/c15-13(7-3-1-2-4-8-13)11-14-19(16,17)10-12-6-5-9-18-12/h12,14-15H,1-11H2. The van der Waals surface area contributed by atoms with E-state index in [9.17, 15) is 13.5 Å². The van der Waals surface area contributed by atoms with Crippen molar-refractivity contribution < 1.29 is 18.3 Å². The maximum absolute atomic E-state index is 12.0. The van der Waals surface area contributed by atoms with Crippen LogP contribution < -0.4 is 4.72 Å². The van der Waals surface area contributed by atoms with Gasteiger partial charge in [0.2, 0.25) is 10.0 Å². The maximum atomic E-state index is 12.0. The Morgan fingerprint density at radius 1 is 1.16 bits per heavy atom. The third kappa shape index (κ3) is 5.02. The topological polar surface area (TPSA) is 75.6 Å². The summed E-state index contributed by atoms with van der Waals surface area (Å²) >= 11 is 0. The summed E-state index contributed by atoms with van der Waals surface area (Å²) in [6.07, 6.45) is 7.16. The summed E-state index contributed by atoms with van der Waals surface area (Å²) in [5.74, 6) is 0.0169. The maximum Gasteiger partial charge on any atom is 0.214 e. The molecule has 1 atom stereocenters. The van der Waals surface area contributed by atoms with Gasteiger partial charge < -0.3 is 9.84 Å². The monoisotopic (exact) mass is 291 g/mol. The van der Waals surface area contributed by atoms with Gasteiger partial charge in [0.1, 0.15) is 0 Å². The Kier molecular flexibility index (Phi) is 5.22. The molecule has 0 spiro atoms. The van der Waals surface area contributed by atoms with Crippen LogP contribution in [0.25, 0.3) is 0 Å².